The average molecular weight is 216 g/mol. The van der Waals surface area contributed by atoms with Gasteiger partial charge in [-0.3, -0.25) is 9.78 Å². The Balaban J connectivity index is 2.46. The lowest BCUT2D eigenvalue weighted by molar-refractivity contribution is 0.103. The molecule has 0 atom stereocenters. The summed E-state index contributed by atoms with van der Waals surface area (Å²) in [5, 5.41) is 0. The highest BCUT2D eigenvalue weighted by Gasteiger charge is 2.15. The van der Waals surface area contributed by atoms with Gasteiger partial charge in [-0.25, -0.2) is 9.37 Å². The van der Waals surface area contributed by atoms with E-state index in [0.717, 1.165) is 5.56 Å². The number of ketones is 1. The van der Waals surface area contributed by atoms with Crippen molar-refractivity contribution in [2.45, 2.75) is 6.92 Å². The van der Waals surface area contributed by atoms with E-state index in [1.54, 1.807) is 13.0 Å². The molecule has 1 heterocycles. The molecule has 0 aliphatic carbocycles. The van der Waals surface area contributed by atoms with E-state index in [2.05, 4.69) is 9.97 Å². The van der Waals surface area contributed by atoms with Crippen LogP contribution in [0.2, 0.25) is 0 Å². The number of hydrogen-bond acceptors (Lipinski definition) is 3. The lowest BCUT2D eigenvalue weighted by Crippen LogP contribution is -2.07. The number of halogens is 1. The maximum atomic E-state index is 13.4. The summed E-state index contributed by atoms with van der Waals surface area (Å²) in [6.07, 6.45) is 4.19. The quantitative estimate of drug-likeness (QED) is 0.722. The number of benzene rings is 1. The molecule has 80 valence electrons. The number of aryl methyl sites for hydroxylation is 1. The van der Waals surface area contributed by atoms with Crippen molar-refractivity contribution in [3.05, 3.63) is 59.4 Å². The number of carbonyl (C=O) groups is 1. The molecule has 2 aromatic rings. The minimum atomic E-state index is -0.541. The van der Waals surface area contributed by atoms with Gasteiger partial charge in [0.1, 0.15) is 11.5 Å². The SMILES string of the molecule is Cc1ccc(F)c(C(=O)c2cnccn2)c1. The molecule has 0 aliphatic heterocycles. The fourth-order valence-electron chi connectivity index (χ4n) is 1.37. The fourth-order valence-corrected chi connectivity index (χ4v) is 1.37. The summed E-state index contributed by atoms with van der Waals surface area (Å²) in [4.78, 5) is 19.5. The molecule has 0 unspecified atom stereocenters. The summed E-state index contributed by atoms with van der Waals surface area (Å²) in [5.74, 6) is -0.990. The van der Waals surface area contributed by atoms with E-state index >= 15 is 0 Å². The summed E-state index contributed by atoms with van der Waals surface area (Å²) in [5.41, 5.74) is 1.00. The standard InChI is InChI=1S/C12H9FN2O/c1-8-2-3-10(13)9(6-8)12(16)11-7-14-4-5-15-11/h2-7H,1H3. The van der Waals surface area contributed by atoms with Crippen molar-refractivity contribution >= 4 is 5.78 Å². The second-order valence-corrected chi connectivity index (χ2v) is 3.40. The first-order valence-corrected chi connectivity index (χ1v) is 4.75. The normalized spacial score (nSPS) is 10.1. The van der Waals surface area contributed by atoms with Crippen LogP contribution < -0.4 is 0 Å². The molecule has 0 bridgehead atoms. The average Bonchev–Trinajstić information content (AvgIpc) is 2.32. The van der Waals surface area contributed by atoms with E-state index < -0.39 is 11.6 Å². The van der Waals surface area contributed by atoms with E-state index in [1.807, 2.05) is 0 Å². The zero-order valence-electron chi connectivity index (χ0n) is 8.64. The first-order chi connectivity index (χ1) is 7.68. The maximum absolute atomic E-state index is 13.4. The predicted octanol–water partition coefficient (Wildman–Crippen LogP) is 2.16. The van der Waals surface area contributed by atoms with E-state index in [4.69, 9.17) is 0 Å². The Bertz CT molecular complexity index is 526. The van der Waals surface area contributed by atoms with Gasteiger partial charge in [0.25, 0.3) is 0 Å². The van der Waals surface area contributed by atoms with E-state index in [0.29, 0.717) is 0 Å². The van der Waals surface area contributed by atoms with Crippen molar-refractivity contribution in [1.29, 1.82) is 0 Å². The smallest absolute Gasteiger partial charge is 0.215 e. The van der Waals surface area contributed by atoms with Gasteiger partial charge in [0, 0.05) is 12.4 Å². The Morgan fingerprint density at radius 2 is 2.12 bits per heavy atom. The Morgan fingerprint density at radius 1 is 1.31 bits per heavy atom. The van der Waals surface area contributed by atoms with Crippen molar-refractivity contribution < 1.29 is 9.18 Å². The van der Waals surface area contributed by atoms with Crippen molar-refractivity contribution in [3.8, 4) is 0 Å². The largest absolute Gasteiger partial charge is 0.287 e. The minimum Gasteiger partial charge on any atom is -0.287 e. The Labute approximate surface area is 92.0 Å². The molecule has 0 radical (unpaired) electrons. The molecule has 3 nitrogen and oxygen atoms in total. The molecular weight excluding hydrogens is 207 g/mol. The summed E-state index contributed by atoms with van der Waals surface area (Å²) < 4.78 is 13.4. The molecule has 16 heavy (non-hydrogen) atoms. The van der Waals surface area contributed by atoms with Crippen LogP contribution in [0, 0.1) is 12.7 Å². The zero-order valence-corrected chi connectivity index (χ0v) is 8.64. The summed E-state index contributed by atoms with van der Waals surface area (Å²) in [6.45, 7) is 1.80. The van der Waals surface area contributed by atoms with Gasteiger partial charge < -0.3 is 0 Å². The third-order valence-electron chi connectivity index (χ3n) is 2.16. The van der Waals surface area contributed by atoms with E-state index in [9.17, 15) is 9.18 Å². The number of hydrogen-bond donors (Lipinski definition) is 0. The van der Waals surface area contributed by atoms with Gasteiger partial charge in [0.05, 0.1) is 11.8 Å². The Morgan fingerprint density at radius 3 is 2.81 bits per heavy atom. The Kier molecular flexibility index (Phi) is 2.72. The van der Waals surface area contributed by atoms with Crippen LogP contribution in [0.1, 0.15) is 21.6 Å². The van der Waals surface area contributed by atoms with Crippen LogP contribution in [0.15, 0.2) is 36.8 Å². The third-order valence-corrected chi connectivity index (χ3v) is 2.16. The molecule has 0 saturated carbocycles. The zero-order chi connectivity index (χ0) is 11.5. The van der Waals surface area contributed by atoms with Gasteiger partial charge in [-0.05, 0) is 19.1 Å². The van der Waals surface area contributed by atoms with E-state index in [1.165, 1.54) is 30.7 Å². The molecule has 1 aromatic heterocycles. The van der Waals surface area contributed by atoms with Crippen molar-refractivity contribution in [3.63, 3.8) is 0 Å². The summed E-state index contributed by atoms with van der Waals surface area (Å²) in [6, 6.07) is 4.40. The highest BCUT2D eigenvalue weighted by atomic mass is 19.1. The van der Waals surface area contributed by atoms with Gasteiger partial charge in [-0.2, -0.15) is 0 Å². The van der Waals surface area contributed by atoms with Gasteiger partial charge in [-0.1, -0.05) is 11.6 Å². The van der Waals surface area contributed by atoms with Crippen LogP contribution >= 0.6 is 0 Å². The van der Waals surface area contributed by atoms with Crippen molar-refractivity contribution in [2.24, 2.45) is 0 Å². The first kappa shape index (κ1) is 10.4. The molecule has 1 aromatic carbocycles. The number of nitrogens with zero attached hydrogens (tertiary/aromatic N) is 2. The van der Waals surface area contributed by atoms with Gasteiger partial charge >= 0.3 is 0 Å². The van der Waals surface area contributed by atoms with Crippen molar-refractivity contribution in [1.82, 2.24) is 9.97 Å². The first-order valence-electron chi connectivity index (χ1n) is 4.75. The molecule has 0 fully saturated rings. The molecule has 2 rings (SSSR count). The number of aromatic nitrogens is 2. The highest BCUT2D eigenvalue weighted by molar-refractivity contribution is 6.07. The molecular formula is C12H9FN2O. The van der Waals surface area contributed by atoms with Gasteiger partial charge in [-0.15, -0.1) is 0 Å². The van der Waals surface area contributed by atoms with E-state index in [-0.39, 0.29) is 11.3 Å². The molecule has 0 N–H and O–H groups in total. The summed E-state index contributed by atoms with van der Waals surface area (Å²) >= 11 is 0. The van der Waals surface area contributed by atoms with Crippen molar-refractivity contribution in [2.75, 3.05) is 0 Å². The van der Waals surface area contributed by atoms with Crippen LogP contribution in [0.4, 0.5) is 4.39 Å². The number of rotatable bonds is 2. The molecule has 0 saturated heterocycles. The van der Waals surface area contributed by atoms with Gasteiger partial charge in [0.15, 0.2) is 0 Å². The second-order valence-electron chi connectivity index (χ2n) is 3.40. The van der Waals surface area contributed by atoms with Crippen LogP contribution in [0.5, 0.6) is 0 Å². The lowest BCUT2D eigenvalue weighted by atomic mass is 10.1. The fraction of sp³-hybridized carbons (Fsp3) is 0.0833. The molecule has 0 spiro atoms. The topological polar surface area (TPSA) is 42.9 Å². The van der Waals surface area contributed by atoms with Crippen LogP contribution in [0.25, 0.3) is 0 Å². The third kappa shape index (κ3) is 1.95. The lowest BCUT2D eigenvalue weighted by Gasteiger charge is -2.02. The monoisotopic (exact) mass is 216 g/mol. The molecule has 4 heteroatoms. The van der Waals surface area contributed by atoms with Crippen LogP contribution in [-0.4, -0.2) is 15.8 Å². The minimum absolute atomic E-state index is 0.0282. The molecule has 0 aliphatic rings. The highest BCUT2D eigenvalue weighted by Crippen LogP contribution is 2.13. The Hall–Kier alpha value is -2.10. The number of carbonyl (C=O) groups excluding carboxylic acids is 1. The van der Waals surface area contributed by atoms with Gasteiger partial charge in [0.2, 0.25) is 5.78 Å². The maximum Gasteiger partial charge on any atom is 0.215 e. The summed E-state index contributed by atoms with van der Waals surface area (Å²) in [7, 11) is 0. The predicted molar refractivity (Wildman–Crippen MR) is 56.6 cm³/mol. The van der Waals surface area contributed by atoms with Crippen LogP contribution in [0.3, 0.4) is 0 Å². The molecule has 0 amide bonds. The van der Waals surface area contributed by atoms with Crippen LogP contribution in [-0.2, 0) is 0 Å². The second kappa shape index (κ2) is 4.18.